The maximum atomic E-state index is 12.4. The number of aryl methyl sites for hydroxylation is 1. The van der Waals surface area contributed by atoms with E-state index in [-0.39, 0.29) is 17.2 Å². The molecule has 0 unspecified atom stereocenters. The molecule has 1 heterocycles. The number of rotatable bonds is 7. The highest BCUT2D eigenvalue weighted by molar-refractivity contribution is 7.89. The summed E-state index contributed by atoms with van der Waals surface area (Å²) in [6, 6.07) is 0. The maximum absolute atomic E-state index is 12.4. The van der Waals surface area contributed by atoms with Crippen molar-refractivity contribution < 1.29 is 13.5 Å². The van der Waals surface area contributed by atoms with Crippen LogP contribution in [0.25, 0.3) is 0 Å². The van der Waals surface area contributed by atoms with Crippen molar-refractivity contribution in [3.63, 3.8) is 0 Å². The topological polar surface area (TPSA) is 95.1 Å². The van der Waals surface area contributed by atoms with Crippen LogP contribution in [0.1, 0.15) is 37.1 Å². The molecule has 2 aliphatic carbocycles. The van der Waals surface area contributed by atoms with E-state index >= 15 is 0 Å². The molecule has 0 atom stereocenters. The lowest BCUT2D eigenvalue weighted by Gasteiger charge is -2.16. The van der Waals surface area contributed by atoms with Crippen LogP contribution in [-0.4, -0.2) is 30.3 Å². The summed E-state index contributed by atoms with van der Waals surface area (Å²) in [4.78, 5) is 0.102. The number of hydrogen-bond donors (Lipinski definition) is 3. The molecule has 1 aromatic rings. The Labute approximate surface area is 119 Å². The minimum absolute atomic E-state index is 0.102. The van der Waals surface area contributed by atoms with Crippen LogP contribution in [0, 0.1) is 24.7 Å². The highest BCUT2D eigenvalue weighted by Gasteiger charge is 2.41. The van der Waals surface area contributed by atoms with E-state index in [9.17, 15) is 13.5 Å². The number of aromatic nitrogens is 2. The zero-order chi connectivity index (χ0) is 14.3. The van der Waals surface area contributed by atoms with E-state index in [1.807, 2.05) is 0 Å². The summed E-state index contributed by atoms with van der Waals surface area (Å²) in [6.45, 7) is 1.78. The van der Waals surface area contributed by atoms with Crippen molar-refractivity contribution in [2.24, 2.45) is 17.8 Å². The molecule has 20 heavy (non-hydrogen) atoms. The first-order chi connectivity index (χ1) is 9.53. The summed E-state index contributed by atoms with van der Waals surface area (Å²) >= 11 is 0. The van der Waals surface area contributed by atoms with Gasteiger partial charge >= 0.3 is 0 Å². The lowest BCUT2D eigenvalue weighted by Crippen LogP contribution is -2.32. The molecule has 0 saturated heterocycles. The number of nitrogens with zero attached hydrogens (tertiary/aromatic N) is 1. The zero-order valence-electron chi connectivity index (χ0n) is 11.6. The standard InChI is InChI=1S/C13H21N3O3S/c1-8-13(12(7-17)16-15-8)20(18,19)14-6-11(9-2-3-9)10-4-5-10/h9-11,14,17H,2-7H2,1H3,(H,15,16). The average Bonchev–Trinajstić information content (AvgIpc) is 3.29. The smallest absolute Gasteiger partial charge is 0.244 e. The number of aliphatic hydroxyl groups excluding tert-OH is 1. The summed E-state index contributed by atoms with van der Waals surface area (Å²) in [6.07, 6.45) is 4.93. The van der Waals surface area contributed by atoms with E-state index in [0.29, 0.717) is 30.0 Å². The van der Waals surface area contributed by atoms with Gasteiger partial charge in [0.2, 0.25) is 10.0 Å². The number of sulfonamides is 1. The fourth-order valence-electron chi connectivity index (χ4n) is 2.98. The highest BCUT2D eigenvalue weighted by atomic mass is 32.2. The highest BCUT2D eigenvalue weighted by Crippen LogP contribution is 2.48. The molecule has 2 saturated carbocycles. The number of H-pyrrole nitrogens is 1. The summed E-state index contributed by atoms with van der Waals surface area (Å²) < 4.78 is 27.5. The molecule has 0 radical (unpaired) electrons. The first kappa shape index (κ1) is 14.0. The molecule has 0 aromatic carbocycles. The molecule has 3 rings (SSSR count). The molecule has 2 aliphatic rings. The molecular weight excluding hydrogens is 278 g/mol. The van der Waals surface area contributed by atoms with Gasteiger partial charge in [-0.15, -0.1) is 0 Å². The molecule has 1 aromatic heterocycles. The third-order valence-corrected chi connectivity index (χ3v) is 5.97. The quantitative estimate of drug-likeness (QED) is 0.698. The van der Waals surface area contributed by atoms with Crippen LogP contribution >= 0.6 is 0 Å². The van der Waals surface area contributed by atoms with E-state index < -0.39 is 10.0 Å². The molecule has 3 N–H and O–H groups in total. The predicted molar refractivity (Wildman–Crippen MR) is 73.4 cm³/mol. The van der Waals surface area contributed by atoms with Crippen molar-refractivity contribution in [3.8, 4) is 0 Å². The Kier molecular flexibility index (Phi) is 3.60. The fraction of sp³-hybridized carbons (Fsp3) is 0.769. The van der Waals surface area contributed by atoms with Gasteiger partial charge in [-0.25, -0.2) is 13.1 Å². The normalized spacial score (nSPS) is 19.8. The Morgan fingerprint density at radius 3 is 2.45 bits per heavy atom. The first-order valence-electron chi connectivity index (χ1n) is 7.17. The second kappa shape index (κ2) is 5.13. The largest absolute Gasteiger partial charge is 0.390 e. The van der Waals surface area contributed by atoms with E-state index in [1.165, 1.54) is 25.7 Å². The Bertz CT molecular complexity index is 576. The van der Waals surface area contributed by atoms with Crippen LogP contribution in [0.4, 0.5) is 0 Å². The van der Waals surface area contributed by atoms with Gasteiger partial charge in [0.1, 0.15) is 10.6 Å². The third-order valence-electron chi connectivity index (χ3n) is 4.34. The van der Waals surface area contributed by atoms with Crippen LogP contribution in [0.3, 0.4) is 0 Å². The Hall–Kier alpha value is -0.920. The second-order valence-electron chi connectivity index (χ2n) is 5.97. The van der Waals surface area contributed by atoms with E-state index in [4.69, 9.17) is 0 Å². The lowest BCUT2D eigenvalue weighted by atomic mass is 9.99. The predicted octanol–water partition coefficient (Wildman–Crippen LogP) is 0.925. The number of aromatic amines is 1. The minimum Gasteiger partial charge on any atom is -0.390 e. The zero-order valence-corrected chi connectivity index (χ0v) is 12.4. The maximum Gasteiger partial charge on any atom is 0.244 e. The Morgan fingerprint density at radius 1 is 1.35 bits per heavy atom. The molecule has 2 fully saturated rings. The van der Waals surface area contributed by atoms with Gasteiger partial charge in [0.15, 0.2) is 0 Å². The van der Waals surface area contributed by atoms with E-state index in [2.05, 4.69) is 14.9 Å². The van der Waals surface area contributed by atoms with Crippen molar-refractivity contribution in [2.75, 3.05) is 6.54 Å². The van der Waals surface area contributed by atoms with Crippen molar-refractivity contribution in [1.82, 2.24) is 14.9 Å². The van der Waals surface area contributed by atoms with Crippen LogP contribution < -0.4 is 4.72 Å². The van der Waals surface area contributed by atoms with Crippen molar-refractivity contribution in [2.45, 2.75) is 44.1 Å². The summed E-state index contributed by atoms with van der Waals surface area (Å²) in [5.74, 6) is 1.88. The average molecular weight is 299 g/mol. The molecule has 0 aliphatic heterocycles. The van der Waals surface area contributed by atoms with Crippen LogP contribution in [0.5, 0.6) is 0 Å². The van der Waals surface area contributed by atoms with Crippen LogP contribution in [0.15, 0.2) is 4.90 Å². The molecule has 7 heteroatoms. The molecule has 0 spiro atoms. The molecule has 0 bridgehead atoms. The van der Waals surface area contributed by atoms with Gasteiger partial charge in [0.05, 0.1) is 12.3 Å². The van der Waals surface area contributed by atoms with Gasteiger partial charge in [-0.1, -0.05) is 0 Å². The SMILES string of the molecule is Cc1[nH]nc(CO)c1S(=O)(=O)NCC(C1CC1)C1CC1. The van der Waals surface area contributed by atoms with Gasteiger partial charge in [0, 0.05) is 6.54 Å². The number of aliphatic hydroxyl groups is 1. The molecule has 0 amide bonds. The minimum atomic E-state index is -3.60. The Balaban J connectivity index is 1.73. The summed E-state index contributed by atoms with van der Waals surface area (Å²) in [5, 5.41) is 15.6. The van der Waals surface area contributed by atoms with Crippen LogP contribution in [0.2, 0.25) is 0 Å². The summed E-state index contributed by atoms with van der Waals surface area (Å²) in [7, 11) is -3.60. The molecule has 112 valence electrons. The van der Waals surface area contributed by atoms with Gasteiger partial charge in [0.25, 0.3) is 0 Å². The summed E-state index contributed by atoms with van der Waals surface area (Å²) in [5.41, 5.74) is 0.653. The van der Waals surface area contributed by atoms with Gasteiger partial charge in [-0.05, 0) is 50.4 Å². The van der Waals surface area contributed by atoms with E-state index in [0.717, 1.165) is 0 Å². The van der Waals surface area contributed by atoms with Crippen LogP contribution in [-0.2, 0) is 16.6 Å². The third kappa shape index (κ3) is 2.75. The lowest BCUT2D eigenvalue weighted by molar-refractivity contribution is 0.273. The molecule has 6 nitrogen and oxygen atoms in total. The Morgan fingerprint density at radius 2 is 1.95 bits per heavy atom. The monoisotopic (exact) mass is 299 g/mol. The van der Waals surface area contributed by atoms with Gasteiger partial charge in [-0.3, -0.25) is 5.10 Å². The number of hydrogen-bond acceptors (Lipinski definition) is 4. The van der Waals surface area contributed by atoms with Crippen molar-refractivity contribution in [3.05, 3.63) is 11.4 Å². The van der Waals surface area contributed by atoms with Crippen molar-refractivity contribution >= 4 is 10.0 Å². The van der Waals surface area contributed by atoms with Gasteiger partial charge in [-0.2, -0.15) is 5.10 Å². The van der Waals surface area contributed by atoms with Crippen molar-refractivity contribution in [1.29, 1.82) is 0 Å². The van der Waals surface area contributed by atoms with E-state index in [1.54, 1.807) is 6.92 Å². The second-order valence-corrected chi connectivity index (χ2v) is 7.68. The van der Waals surface area contributed by atoms with Gasteiger partial charge < -0.3 is 5.11 Å². The first-order valence-corrected chi connectivity index (χ1v) is 8.65. The number of nitrogens with one attached hydrogen (secondary N) is 2. The molecular formula is C13H21N3O3S. The fourth-order valence-corrected chi connectivity index (χ4v) is 4.40.